The van der Waals surface area contributed by atoms with Crippen molar-refractivity contribution in [2.24, 2.45) is 5.41 Å². The van der Waals surface area contributed by atoms with Crippen molar-refractivity contribution in [3.05, 3.63) is 58.2 Å². The number of nitrogens with one attached hydrogen (secondary N) is 3. The molecule has 10 heteroatoms. The van der Waals surface area contributed by atoms with Gasteiger partial charge in [0.2, 0.25) is 5.91 Å². The monoisotopic (exact) mass is 495 g/mol. The van der Waals surface area contributed by atoms with Gasteiger partial charge in [-0.05, 0) is 62.4 Å². The maximum atomic E-state index is 13.0. The third-order valence-electron chi connectivity index (χ3n) is 5.28. The number of ether oxygens (including phenoxy) is 1. The lowest BCUT2D eigenvalue weighted by molar-refractivity contribution is -0.124. The Morgan fingerprint density at radius 3 is 2.44 bits per heavy atom. The highest BCUT2D eigenvalue weighted by Gasteiger charge is 2.32. The molecule has 0 spiro atoms. The highest BCUT2D eigenvalue weighted by molar-refractivity contribution is 5.93. The van der Waals surface area contributed by atoms with Crippen LogP contribution in [-0.2, 0) is 16.1 Å². The van der Waals surface area contributed by atoms with Crippen LogP contribution in [0, 0.1) is 12.3 Å². The van der Waals surface area contributed by atoms with Crippen molar-refractivity contribution in [2.45, 2.75) is 66.7 Å². The first-order valence-electron chi connectivity index (χ1n) is 11.6. The molecule has 0 saturated carbocycles. The van der Waals surface area contributed by atoms with Crippen LogP contribution in [0.5, 0.6) is 0 Å². The van der Waals surface area contributed by atoms with Crippen molar-refractivity contribution in [3.63, 3.8) is 0 Å². The Labute approximate surface area is 209 Å². The molecule has 3 N–H and O–H groups in total. The Morgan fingerprint density at radius 1 is 1.11 bits per heavy atom. The minimum Gasteiger partial charge on any atom is -0.444 e. The minimum atomic E-state index is -0.739. The van der Waals surface area contributed by atoms with Crippen LogP contribution >= 0.6 is 0 Å². The number of fused-ring (bicyclic) bond motifs is 1. The second-order valence-electron chi connectivity index (χ2n) is 10.6. The summed E-state index contributed by atoms with van der Waals surface area (Å²) in [6.45, 7) is 13.0. The maximum Gasteiger partial charge on any atom is 0.412 e. The van der Waals surface area contributed by atoms with Gasteiger partial charge in [-0.25, -0.2) is 9.59 Å². The summed E-state index contributed by atoms with van der Waals surface area (Å²) in [6.07, 6.45) is 2.71. The lowest BCUT2D eigenvalue weighted by atomic mass is 9.86. The lowest BCUT2D eigenvalue weighted by Gasteiger charge is -2.30. The molecule has 3 aromatic rings. The van der Waals surface area contributed by atoms with Crippen molar-refractivity contribution >= 4 is 34.6 Å². The summed E-state index contributed by atoms with van der Waals surface area (Å²) >= 11 is 0. The predicted molar refractivity (Wildman–Crippen MR) is 138 cm³/mol. The zero-order valence-corrected chi connectivity index (χ0v) is 21.7. The summed E-state index contributed by atoms with van der Waals surface area (Å²) in [7, 11) is 0. The molecule has 0 aliphatic rings. The zero-order chi connectivity index (χ0) is 26.7. The molecule has 0 aliphatic heterocycles. The van der Waals surface area contributed by atoms with E-state index >= 15 is 0 Å². The number of pyridine rings is 1. The van der Waals surface area contributed by atoms with E-state index < -0.39 is 28.8 Å². The number of rotatable bonds is 6. The van der Waals surface area contributed by atoms with Gasteiger partial charge >= 0.3 is 11.7 Å². The number of carbonyl (C=O) groups is 2. The van der Waals surface area contributed by atoms with E-state index in [1.807, 2.05) is 26.8 Å². The average Bonchev–Trinajstić information content (AvgIpc) is 2.76. The number of carbonyl (C=O) groups excluding carboxylic acids is 2. The Morgan fingerprint density at radius 2 is 1.83 bits per heavy atom. The van der Waals surface area contributed by atoms with Gasteiger partial charge in [0.05, 0.1) is 10.9 Å². The minimum absolute atomic E-state index is 0.0730. The summed E-state index contributed by atoms with van der Waals surface area (Å²) in [5.41, 5.74) is 0.303. The Bertz CT molecular complexity index is 1310. The number of aromatic nitrogens is 2. The van der Waals surface area contributed by atoms with Crippen LogP contribution < -0.4 is 21.6 Å². The summed E-state index contributed by atoms with van der Waals surface area (Å²) in [4.78, 5) is 46.6. The first kappa shape index (κ1) is 26.7. The molecule has 2 amide bonds. The molecule has 1 atom stereocenters. The van der Waals surface area contributed by atoms with E-state index in [0.29, 0.717) is 23.3 Å². The second-order valence-corrected chi connectivity index (χ2v) is 10.6. The SMILES string of the molecule is Cc1c(NC(=O)OC(C)(C)C)ccc2nc(N[C@H](C(=O)NCc3cccnc3)C(C)(C)C)oc(=O)c12. The van der Waals surface area contributed by atoms with Crippen molar-refractivity contribution in [2.75, 3.05) is 10.6 Å². The molecule has 36 heavy (non-hydrogen) atoms. The molecule has 0 bridgehead atoms. The second kappa shape index (κ2) is 10.3. The Hall–Kier alpha value is -3.95. The van der Waals surface area contributed by atoms with Crippen LogP contribution in [-0.4, -0.2) is 33.6 Å². The molecule has 2 heterocycles. The number of anilines is 2. The number of hydrogen-bond acceptors (Lipinski definition) is 8. The molecule has 2 aromatic heterocycles. The number of benzene rings is 1. The van der Waals surface area contributed by atoms with Crippen molar-refractivity contribution in [1.82, 2.24) is 15.3 Å². The van der Waals surface area contributed by atoms with Gasteiger partial charge in [0.1, 0.15) is 11.6 Å². The summed E-state index contributed by atoms with van der Waals surface area (Å²) < 4.78 is 10.7. The van der Waals surface area contributed by atoms with E-state index in [9.17, 15) is 14.4 Å². The largest absolute Gasteiger partial charge is 0.444 e. The topological polar surface area (TPSA) is 135 Å². The van der Waals surface area contributed by atoms with Gasteiger partial charge in [-0.15, -0.1) is 0 Å². The fourth-order valence-corrected chi connectivity index (χ4v) is 3.52. The van der Waals surface area contributed by atoms with Crippen LogP contribution in [0.1, 0.15) is 52.7 Å². The number of amides is 2. The van der Waals surface area contributed by atoms with Crippen molar-refractivity contribution in [1.29, 1.82) is 0 Å². The predicted octanol–water partition coefficient (Wildman–Crippen LogP) is 4.38. The molecule has 0 unspecified atom stereocenters. The molecule has 192 valence electrons. The molecule has 10 nitrogen and oxygen atoms in total. The number of hydrogen-bond donors (Lipinski definition) is 3. The van der Waals surface area contributed by atoms with Crippen molar-refractivity contribution < 1.29 is 18.7 Å². The van der Waals surface area contributed by atoms with Crippen LogP contribution in [0.25, 0.3) is 10.9 Å². The highest BCUT2D eigenvalue weighted by atomic mass is 16.6. The quantitative estimate of drug-likeness (QED) is 0.458. The smallest absolute Gasteiger partial charge is 0.412 e. The van der Waals surface area contributed by atoms with Crippen LogP contribution in [0.2, 0.25) is 0 Å². The van der Waals surface area contributed by atoms with E-state index in [2.05, 4.69) is 25.9 Å². The third-order valence-corrected chi connectivity index (χ3v) is 5.28. The van der Waals surface area contributed by atoms with Crippen LogP contribution in [0.4, 0.5) is 16.5 Å². The van der Waals surface area contributed by atoms with E-state index in [1.165, 1.54) is 0 Å². The van der Waals surface area contributed by atoms with Gasteiger partial charge in [0.15, 0.2) is 0 Å². The third kappa shape index (κ3) is 6.80. The molecular formula is C26H33N5O5. The first-order chi connectivity index (χ1) is 16.7. The molecule has 3 rings (SSSR count). The first-order valence-corrected chi connectivity index (χ1v) is 11.6. The van der Waals surface area contributed by atoms with E-state index in [0.717, 1.165) is 5.56 Å². The summed E-state index contributed by atoms with van der Waals surface area (Å²) in [6, 6.07) is 6.09. The number of aryl methyl sites for hydroxylation is 1. The van der Waals surface area contributed by atoms with E-state index in [4.69, 9.17) is 9.15 Å². The van der Waals surface area contributed by atoms with Crippen LogP contribution in [0.15, 0.2) is 45.9 Å². The zero-order valence-electron chi connectivity index (χ0n) is 21.7. The average molecular weight is 496 g/mol. The highest BCUT2D eigenvalue weighted by Crippen LogP contribution is 2.26. The van der Waals surface area contributed by atoms with Gasteiger partial charge in [0.25, 0.3) is 6.01 Å². The summed E-state index contributed by atoms with van der Waals surface area (Å²) in [5, 5.41) is 8.75. The van der Waals surface area contributed by atoms with Gasteiger partial charge in [-0.1, -0.05) is 26.8 Å². The fraction of sp³-hybridized carbons (Fsp3) is 0.423. The lowest BCUT2D eigenvalue weighted by Crippen LogP contribution is -2.47. The Kier molecular flexibility index (Phi) is 7.66. The van der Waals surface area contributed by atoms with Gasteiger partial charge in [-0.2, -0.15) is 4.98 Å². The van der Waals surface area contributed by atoms with Crippen molar-refractivity contribution in [3.8, 4) is 0 Å². The molecule has 0 saturated heterocycles. The van der Waals surface area contributed by atoms with E-state index in [1.54, 1.807) is 58.3 Å². The molecule has 0 fully saturated rings. The molecule has 1 aromatic carbocycles. The standard InChI is InChI=1S/C26H33N5O5/c1-15-17(30-24(34)36-26(5,6)7)10-11-18-19(15)22(33)35-23(29-18)31-20(25(2,3)4)21(32)28-14-16-9-8-12-27-13-16/h8-13,20H,14H2,1-7H3,(H,28,32)(H,29,31)(H,30,34)/t20-/m1/s1. The van der Waals surface area contributed by atoms with E-state index in [-0.39, 0.29) is 17.3 Å². The fourth-order valence-electron chi connectivity index (χ4n) is 3.52. The van der Waals surface area contributed by atoms with Gasteiger partial charge in [-0.3, -0.25) is 15.1 Å². The Balaban J connectivity index is 1.84. The van der Waals surface area contributed by atoms with Gasteiger partial charge < -0.3 is 19.8 Å². The summed E-state index contributed by atoms with van der Waals surface area (Å²) in [5.74, 6) is -0.274. The maximum absolute atomic E-state index is 13.0. The molecular weight excluding hydrogens is 462 g/mol. The van der Waals surface area contributed by atoms with Gasteiger partial charge in [0, 0.05) is 24.6 Å². The molecule has 0 radical (unpaired) electrons. The van der Waals surface area contributed by atoms with Crippen LogP contribution in [0.3, 0.4) is 0 Å². The normalized spacial score (nSPS) is 12.6. The number of nitrogens with zero attached hydrogens (tertiary/aromatic N) is 2. The molecule has 0 aliphatic carbocycles.